The van der Waals surface area contributed by atoms with E-state index in [0.717, 1.165) is 49.8 Å². The molecule has 35 heavy (non-hydrogen) atoms. The zero-order valence-corrected chi connectivity index (χ0v) is 21.9. The van der Waals surface area contributed by atoms with Gasteiger partial charge in [-0.05, 0) is 80.5 Å². The molecular formula is C25H41ClN4O5. The van der Waals surface area contributed by atoms with Gasteiger partial charge in [-0.25, -0.2) is 15.1 Å². The van der Waals surface area contributed by atoms with E-state index in [1.54, 1.807) is 11.9 Å². The summed E-state index contributed by atoms with van der Waals surface area (Å²) in [7, 11) is 3.30. The van der Waals surface area contributed by atoms with Crippen molar-refractivity contribution in [3.63, 3.8) is 0 Å². The highest BCUT2D eigenvalue weighted by molar-refractivity contribution is 6.30. The smallest absolute Gasteiger partial charge is 0.406 e. The van der Waals surface area contributed by atoms with E-state index in [2.05, 4.69) is 23.0 Å². The first-order valence-electron chi connectivity index (χ1n) is 12.4. The standard InChI is InChI=1S/C25H41ClN4O5/c1-18-8-9-21(26)15-23(18)20(7-5-13-35-25(32)27-2)10-11-30(3)24(31)28-16-22(29-33)14-19-6-4-12-34-17-19/h8-9,15,19-20,22,29,33H,4-7,10-14,16-17H2,1-3H3,(H,27,32)(H,28,31)/t19-,20?,22+/m1/s1. The predicted octanol–water partition coefficient (Wildman–Crippen LogP) is 4.06. The third-order valence-electron chi connectivity index (χ3n) is 6.53. The van der Waals surface area contributed by atoms with E-state index in [1.807, 2.05) is 18.2 Å². The van der Waals surface area contributed by atoms with Crippen molar-refractivity contribution in [1.29, 1.82) is 0 Å². The summed E-state index contributed by atoms with van der Waals surface area (Å²) in [5.74, 6) is 0.549. The van der Waals surface area contributed by atoms with Crippen LogP contribution in [0.25, 0.3) is 0 Å². The van der Waals surface area contributed by atoms with Gasteiger partial charge < -0.3 is 30.2 Å². The summed E-state index contributed by atoms with van der Waals surface area (Å²) in [6.45, 7) is 4.76. The third kappa shape index (κ3) is 10.6. The Labute approximate surface area is 213 Å². The molecule has 198 valence electrons. The van der Waals surface area contributed by atoms with E-state index in [9.17, 15) is 14.8 Å². The molecule has 4 N–H and O–H groups in total. The highest BCUT2D eigenvalue weighted by atomic mass is 35.5. The summed E-state index contributed by atoms with van der Waals surface area (Å²) in [5, 5.41) is 15.5. The first-order valence-corrected chi connectivity index (χ1v) is 12.8. The number of nitrogens with zero attached hydrogens (tertiary/aromatic N) is 1. The Balaban J connectivity index is 1.87. The number of ether oxygens (including phenoxy) is 2. The number of urea groups is 1. The predicted molar refractivity (Wildman–Crippen MR) is 136 cm³/mol. The van der Waals surface area contributed by atoms with Crippen molar-refractivity contribution < 1.29 is 24.3 Å². The van der Waals surface area contributed by atoms with Gasteiger partial charge in [-0.1, -0.05) is 17.7 Å². The second-order valence-corrected chi connectivity index (χ2v) is 9.70. The van der Waals surface area contributed by atoms with E-state index in [1.165, 1.54) is 7.05 Å². The summed E-state index contributed by atoms with van der Waals surface area (Å²) >= 11 is 6.26. The van der Waals surface area contributed by atoms with Gasteiger partial charge >= 0.3 is 12.1 Å². The lowest BCUT2D eigenvalue weighted by Gasteiger charge is -2.27. The number of halogens is 1. The van der Waals surface area contributed by atoms with Gasteiger partial charge in [0.15, 0.2) is 0 Å². The first kappa shape index (κ1) is 29.2. The van der Waals surface area contributed by atoms with Crippen molar-refractivity contribution in [2.75, 3.05) is 47.0 Å². The minimum absolute atomic E-state index is 0.162. The van der Waals surface area contributed by atoms with Crippen LogP contribution in [0, 0.1) is 12.8 Å². The van der Waals surface area contributed by atoms with E-state index < -0.39 is 6.09 Å². The molecule has 0 saturated carbocycles. The van der Waals surface area contributed by atoms with Gasteiger partial charge in [-0.2, -0.15) is 0 Å². The number of amides is 3. The largest absolute Gasteiger partial charge is 0.450 e. The molecule has 1 aliphatic heterocycles. The normalized spacial score (nSPS) is 17.3. The molecule has 0 bridgehead atoms. The van der Waals surface area contributed by atoms with Gasteiger partial charge in [0.05, 0.1) is 6.61 Å². The summed E-state index contributed by atoms with van der Waals surface area (Å²) in [6.07, 6.45) is 4.65. The number of carbonyl (C=O) groups excluding carboxylic acids is 2. The average molecular weight is 513 g/mol. The van der Waals surface area contributed by atoms with Gasteiger partial charge in [-0.3, -0.25) is 0 Å². The van der Waals surface area contributed by atoms with Crippen LogP contribution in [0.2, 0.25) is 5.02 Å². The fourth-order valence-corrected chi connectivity index (χ4v) is 4.63. The summed E-state index contributed by atoms with van der Waals surface area (Å²) in [6, 6.07) is 5.45. The lowest BCUT2D eigenvalue weighted by Crippen LogP contribution is -2.45. The second-order valence-electron chi connectivity index (χ2n) is 9.27. The Bertz CT molecular complexity index is 791. The first-order chi connectivity index (χ1) is 16.8. The minimum Gasteiger partial charge on any atom is -0.450 e. The molecule has 1 aliphatic rings. The number of hydrogen-bond donors (Lipinski definition) is 4. The lowest BCUT2D eigenvalue weighted by molar-refractivity contribution is 0.0352. The van der Waals surface area contributed by atoms with E-state index in [-0.39, 0.29) is 18.0 Å². The highest BCUT2D eigenvalue weighted by Crippen LogP contribution is 2.30. The molecule has 1 saturated heterocycles. The average Bonchev–Trinajstić information content (AvgIpc) is 2.87. The third-order valence-corrected chi connectivity index (χ3v) is 6.76. The van der Waals surface area contributed by atoms with Gasteiger partial charge in [0, 0.05) is 51.5 Å². The van der Waals surface area contributed by atoms with Gasteiger partial charge in [0.2, 0.25) is 0 Å². The van der Waals surface area contributed by atoms with Gasteiger partial charge in [0.25, 0.3) is 0 Å². The molecule has 2 rings (SSSR count). The van der Waals surface area contributed by atoms with Gasteiger partial charge in [0.1, 0.15) is 0 Å². The molecule has 10 heteroatoms. The molecule has 0 aromatic heterocycles. The number of rotatable bonds is 13. The molecule has 9 nitrogen and oxygen atoms in total. The molecule has 1 heterocycles. The summed E-state index contributed by atoms with van der Waals surface area (Å²) in [4.78, 5) is 25.7. The Morgan fingerprint density at radius 3 is 2.83 bits per heavy atom. The maximum absolute atomic E-state index is 12.7. The number of aryl methyl sites for hydroxylation is 1. The number of nitrogens with one attached hydrogen (secondary N) is 3. The summed E-state index contributed by atoms with van der Waals surface area (Å²) < 4.78 is 10.6. The van der Waals surface area contributed by atoms with E-state index in [0.29, 0.717) is 43.7 Å². The van der Waals surface area contributed by atoms with Crippen LogP contribution in [0.3, 0.4) is 0 Å². The maximum atomic E-state index is 12.7. The number of alkyl carbamates (subject to hydrolysis) is 1. The molecule has 0 radical (unpaired) electrons. The molecule has 3 amide bonds. The lowest BCUT2D eigenvalue weighted by atomic mass is 9.88. The molecule has 1 fully saturated rings. The molecular weight excluding hydrogens is 472 g/mol. The zero-order chi connectivity index (χ0) is 25.6. The van der Waals surface area contributed by atoms with Crippen molar-refractivity contribution >= 4 is 23.7 Å². The van der Waals surface area contributed by atoms with Crippen LogP contribution in [0.15, 0.2) is 18.2 Å². The second kappa shape index (κ2) is 15.8. The Morgan fingerprint density at radius 1 is 1.34 bits per heavy atom. The SMILES string of the molecule is CNC(=O)OCCCC(CCN(C)C(=O)NC[C@H](C[C@H]1CCCOC1)NO)c1cc(Cl)ccc1C. The molecule has 3 atom stereocenters. The quantitative estimate of drug-likeness (QED) is 0.234. The highest BCUT2D eigenvalue weighted by Gasteiger charge is 2.21. The topological polar surface area (TPSA) is 112 Å². The minimum atomic E-state index is -0.441. The van der Waals surface area contributed by atoms with Crippen LogP contribution in [-0.2, 0) is 9.47 Å². The van der Waals surface area contributed by atoms with Crippen LogP contribution in [0.4, 0.5) is 9.59 Å². The van der Waals surface area contributed by atoms with Crippen LogP contribution >= 0.6 is 11.6 Å². The maximum Gasteiger partial charge on any atom is 0.406 e. The number of hydroxylamine groups is 1. The van der Waals surface area contributed by atoms with Crippen LogP contribution < -0.4 is 16.1 Å². The van der Waals surface area contributed by atoms with Crippen molar-refractivity contribution in [3.05, 3.63) is 34.3 Å². The van der Waals surface area contributed by atoms with Crippen molar-refractivity contribution in [2.45, 2.75) is 57.4 Å². The van der Waals surface area contributed by atoms with Gasteiger partial charge in [-0.15, -0.1) is 0 Å². The van der Waals surface area contributed by atoms with Crippen molar-refractivity contribution in [1.82, 2.24) is 21.0 Å². The van der Waals surface area contributed by atoms with Crippen molar-refractivity contribution in [3.8, 4) is 0 Å². The Morgan fingerprint density at radius 2 is 2.14 bits per heavy atom. The Kier molecular flexibility index (Phi) is 13.2. The summed E-state index contributed by atoms with van der Waals surface area (Å²) in [5.41, 5.74) is 4.61. The number of hydrogen-bond acceptors (Lipinski definition) is 6. The van der Waals surface area contributed by atoms with Crippen molar-refractivity contribution in [2.24, 2.45) is 5.92 Å². The molecule has 1 aromatic rings. The molecule has 0 spiro atoms. The fraction of sp³-hybridized carbons (Fsp3) is 0.680. The van der Waals surface area contributed by atoms with Crippen LogP contribution in [0.5, 0.6) is 0 Å². The fourth-order valence-electron chi connectivity index (χ4n) is 4.45. The van der Waals surface area contributed by atoms with Crippen LogP contribution in [0.1, 0.15) is 55.6 Å². The monoisotopic (exact) mass is 512 g/mol. The van der Waals surface area contributed by atoms with E-state index in [4.69, 9.17) is 21.1 Å². The molecule has 1 aromatic carbocycles. The zero-order valence-electron chi connectivity index (χ0n) is 21.1. The molecule has 1 unspecified atom stereocenters. The molecule has 0 aliphatic carbocycles. The number of carbonyl (C=O) groups is 2. The van der Waals surface area contributed by atoms with Crippen LogP contribution in [-0.4, -0.2) is 75.3 Å². The van der Waals surface area contributed by atoms with E-state index >= 15 is 0 Å². The Hall–Kier alpha value is -2.07. The number of benzene rings is 1.